The van der Waals surface area contributed by atoms with Gasteiger partial charge in [0.25, 0.3) is 0 Å². The minimum absolute atomic E-state index is 0.898. The van der Waals surface area contributed by atoms with Gasteiger partial charge in [0, 0.05) is 18.7 Å². The van der Waals surface area contributed by atoms with Gasteiger partial charge in [0.1, 0.15) is 18.0 Å². The predicted octanol–water partition coefficient (Wildman–Crippen LogP) is 3.46. The second-order valence-electron chi connectivity index (χ2n) is 5.34. The van der Waals surface area contributed by atoms with Gasteiger partial charge < -0.3 is 10.6 Å². The normalized spacial score (nSPS) is 14.4. The number of nitrogens with one attached hydrogen (secondary N) is 2. The Labute approximate surface area is 116 Å². The SMILES string of the molecule is CCCc1c(NCC)ncnc1NCCCC1CC1. The lowest BCUT2D eigenvalue weighted by atomic mass is 10.1. The number of hydrogen-bond acceptors (Lipinski definition) is 4. The molecule has 0 amide bonds. The standard InChI is InChI=1S/C15H26N4/c1-3-6-13-14(16-4-2)18-11-19-15(13)17-10-5-7-12-8-9-12/h11-12H,3-10H2,1-2H3,(H2,16,17,18,19). The maximum absolute atomic E-state index is 4.41. The molecule has 1 aliphatic rings. The van der Waals surface area contributed by atoms with Crippen molar-refractivity contribution >= 4 is 11.6 Å². The maximum atomic E-state index is 4.41. The first-order valence-corrected chi connectivity index (χ1v) is 7.66. The Bertz CT molecular complexity index is 388. The zero-order chi connectivity index (χ0) is 13.5. The molecule has 1 fully saturated rings. The summed E-state index contributed by atoms with van der Waals surface area (Å²) in [7, 11) is 0. The van der Waals surface area contributed by atoms with Gasteiger partial charge in [-0.1, -0.05) is 26.2 Å². The van der Waals surface area contributed by atoms with E-state index in [4.69, 9.17) is 0 Å². The van der Waals surface area contributed by atoms with E-state index in [1.807, 2.05) is 0 Å². The molecule has 0 saturated heterocycles. The van der Waals surface area contributed by atoms with Crippen molar-refractivity contribution in [3.63, 3.8) is 0 Å². The van der Waals surface area contributed by atoms with Gasteiger partial charge in [0.15, 0.2) is 0 Å². The maximum Gasteiger partial charge on any atom is 0.134 e. The van der Waals surface area contributed by atoms with Gasteiger partial charge in [-0.25, -0.2) is 9.97 Å². The lowest BCUT2D eigenvalue weighted by molar-refractivity contribution is 0.686. The molecule has 1 heterocycles. The summed E-state index contributed by atoms with van der Waals surface area (Å²) in [6.45, 7) is 6.21. The molecule has 2 rings (SSSR count). The molecule has 1 aromatic heterocycles. The molecule has 4 heteroatoms. The zero-order valence-corrected chi connectivity index (χ0v) is 12.2. The Morgan fingerprint density at radius 2 is 1.89 bits per heavy atom. The van der Waals surface area contributed by atoms with Crippen LogP contribution in [0.3, 0.4) is 0 Å². The number of hydrogen-bond donors (Lipinski definition) is 2. The van der Waals surface area contributed by atoms with E-state index in [1.165, 1.54) is 31.2 Å². The lowest BCUT2D eigenvalue weighted by Gasteiger charge is -2.14. The Morgan fingerprint density at radius 3 is 2.53 bits per heavy atom. The van der Waals surface area contributed by atoms with Crippen molar-refractivity contribution in [1.29, 1.82) is 0 Å². The topological polar surface area (TPSA) is 49.8 Å². The molecule has 2 N–H and O–H groups in total. The van der Waals surface area contributed by atoms with Crippen LogP contribution in [0.4, 0.5) is 11.6 Å². The fourth-order valence-electron chi connectivity index (χ4n) is 2.38. The van der Waals surface area contributed by atoms with Gasteiger partial charge in [-0.05, 0) is 32.1 Å². The summed E-state index contributed by atoms with van der Waals surface area (Å²) in [6, 6.07) is 0. The van der Waals surface area contributed by atoms with Crippen molar-refractivity contribution in [2.24, 2.45) is 5.92 Å². The van der Waals surface area contributed by atoms with Crippen LogP contribution in [0.25, 0.3) is 0 Å². The van der Waals surface area contributed by atoms with Crippen LogP contribution in [0.1, 0.15) is 51.5 Å². The third kappa shape index (κ3) is 4.37. The van der Waals surface area contributed by atoms with Gasteiger partial charge in [-0.2, -0.15) is 0 Å². The second-order valence-corrected chi connectivity index (χ2v) is 5.34. The average molecular weight is 262 g/mol. The van der Waals surface area contributed by atoms with Crippen LogP contribution >= 0.6 is 0 Å². The molecular formula is C15H26N4. The fraction of sp³-hybridized carbons (Fsp3) is 0.733. The van der Waals surface area contributed by atoms with Crippen molar-refractivity contribution in [3.05, 3.63) is 11.9 Å². The Morgan fingerprint density at radius 1 is 1.16 bits per heavy atom. The van der Waals surface area contributed by atoms with Crippen LogP contribution in [0, 0.1) is 5.92 Å². The molecule has 0 bridgehead atoms. The van der Waals surface area contributed by atoms with Gasteiger partial charge in [-0.15, -0.1) is 0 Å². The average Bonchev–Trinajstić information content (AvgIpc) is 3.22. The van der Waals surface area contributed by atoms with Crippen LogP contribution in [0.2, 0.25) is 0 Å². The van der Waals surface area contributed by atoms with Gasteiger partial charge in [-0.3, -0.25) is 0 Å². The molecule has 4 nitrogen and oxygen atoms in total. The first-order chi connectivity index (χ1) is 9.35. The van der Waals surface area contributed by atoms with Crippen LogP contribution < -0.4 is 10.6 Å². The summed E-state index contributed by atoms with van der Waals surface area (Å²) in [6.07, 6.45) is 9.29. The quantitative estimate of drug-likeness (QED) is 0.669. The number of rotatable bonds is 9. The van der Waals surface area contributed by atoms with E-state index in [1.54, 1.807) is 6.33 Å². The van der Waals surface area contributed by atoms with Crippen molar-refractivity contribution in [2.75, 3.05) is 23.7 Å². The number of anilines is 2. The van der Waals surface area contributed by atoms with Crippen LogP contribution in [0.15, 0.2) is 6.33 Å². The summed E-state index contributed by atoms with van der Waals surface area (Å²) in [5, 5.41) is 6.82. The molecule has 0 atom stereocenters. The van der Waals surface area contributed by atoms with E-state index in [-0.39, 0.29) is 0 Å². The smallest absolute Gasteiger partial charge is 0.134 e. The van der Waals surface area contributed by atoms with Crippen molar-refractivity contribution < 1.29 is 0 Å². The van der Waals surface area contributed by atoms with Gasteiger partial charge in [0.2, 0.25) is 0 Å². The molecule has 1 aliphatic carbocycles. The zero-order valence-electron chi connectivity index (χ0n) is 12.2. The van der Waals surface area contributed by atoms with Crippen LogP contribution in [-0.4, -0.2) is 23.1 Å². The molecule has 106 valence electrons. The van der Waals surface area contributed by atoms with E-state index < -0.39 is 0 Å². The lowest BCUT2D eigenvalue weighted by Crippen LogP contribution is -2.11. The minimum Gasteiger partial charge on any atom is -0.370 e. The second kappa shape index (κ2) is 7.31. The first kappa shape index (κ1) is 14.1. The Hall–Kier alpha value is -1.32. The van der Waals surface area contributed by atoms with E-state index >= 15 is 0 Å². The summed E-state index contributed by atoms with van der Waals surface area (Å²) >= 11 is 0. The largest absolute Gasteiger partial charge is 0.370 e. The molecule has 0 unspecified atom stereocenters. The fourth-order valence-corrected chi connectivity index (χ4v) is 2.38. The van der Waals surface area contributed by atoms with Crippen molar-refractivity contribution in [1.82, 2.24) is 9.97 Å². The highest BCUT2D eigenvalue weighted by molar-refractivity contribution is 5.57. The molecule has 0 spiro atoms. The highest BCUT2D eigenvalue weighted by Crippen LogP contribution is 2.33. The summed E-state index contributed by atoms with van der Waals surface area (Å²) in [4.78, 5) is 8.76. The Balaban J connectivity index is 1.93. The highest BCUT2D eigenvalue weighted by Gasteiger charge is 2.20. The van der Waals surface area contributed by atoms with E-state index in [9.17, 15) is 0 Å². The molecule has 1 saturated carbocycles. The molecule has 19 heavy (non-hydrogen) atoms. The van der Waals surface area contributed by atoms with Gasteiger partial charge >= 0.3 is 0 Å². The molecule has 0 aliphatic heterocycles. The summed E-state index contributed by atoms with van der Waals surface area (Å²) < 4.78 is 0. The number of aromatic nitrogens is 2. The first-order valence-electron chi connectivity index (χ1n) is 7.66. The van der Waals surface area contributed by atoms with E-state index in [2.05, 4.69) is 34.4 Å². The third-order valence-corrected chi connectivity index (χ3v) is 3.57. The van der Waals surface area contributed by atoms with Crippen molar-refractivity contribution in [2.45, 2.75) is 52.4 Å². The predicted molar refractivity (Wildman–Crippen MR) is 80.6 cm³/mol. The molecular weight excluding hydrogens is 236 g/mol. The van der Waals surface area contributed by atoms with E-state index in [0.717, 1.165) is 43.5 Å². The summed E-state index contributed by atoms with van der Waals surface area (Å²) in [5.41, 5.74) is 1.23. The number of nitrogens with zero attached hydrogens (tertiary/aromatic N) is 2. The van der Waals surface area contributed by atoms with E-state index in [0.29, 0.717) is 0 Å². The van der Waals surface area contributed by atoms with Crippen molar-refractivity contribution in [3.8, 4) is 0 Å². The Kier molecular flexibility index (Phi) is 5.43. The van der Waals surface area contributed by atoms with Gasteiger partial charge in [0.05, 0.1) is 0 Å². The van der Waals surface area contributed by atoms with Crippen LogP contribution in [0.5, 0.6) is 0 Å². The third-order valence-electron chi connectivity index (χ3n) is 3.57. The molecule has 0 aromatic carbocycles. The van der Waals surface area contributed by atoms with Crippen LogP contribution in [-0.2, 0) is 6.42 Å². The summed E-state index contributed by atoms with van der Waals surface area (Å²) in [5.74, 6) is 3.02. The minimum atomic E-state index is 0.898. The monoisotopic (exact) mass is 262 g/mol. The molecule has 0 radical (unpaired) electrons. The highest BCUT2D eigenvalue weighted by atomic mass is 15.1. The molecule has 1 aromatic rings.